The van der Waals surface area contributed by atoms with Crippen molar-refractivity contribution in [3.05, 3.63) is 29.8 Å². The zero-order chi connectivity index (χ0) is 11.5. The van der Waals surface area contributed by atoms with E-state index in [9.17, 15) is 0 Å². The summed E-state index contributed by atoms with van der Waals surface area (Å²) in [5.74, 6) is 0. The fourth-order valence-electron chi connectivity index (χ4n) is 1.82. The molecule has 1 heterocycles. The third-order valence-corrected chi connectivity index (χ3v) is 3.44. The van der Waals surface area contributed by atoms with Gasteiger partial charge < -0.3 is 15.5 Å². The normalized spacial score (nSPS) is 17.4. The van der Waals surface area contributed by atoms with E-state index in [1.54, 1.807) is 0 Å². The van der Waals surface area contributed by atoms with Crippen molar-refractivity contribution in [2.24, 2.45) is 0 Å². The van der Waals surface area contributed by atoms with E-state index in [0.29, 0.717) is 0 Å². The van der Waals surface area contributed by atoms with Gasteiger partial charge in [-0.25, -0.2) is 0 Å². The summed E-state index contributed by atoms with van der Waals surface area (Å²) < 4.78 is 0. The molecule has 1 aliphatic heterocycles. The lowest BCUT2D eigenvalue weighted by atomic mass is 10.2. The summed E-state index contributed by atoms with van der Waals surface area (Å²) in [4.78, 5) is 5.52. The van der Waals surface area contributed by atoms with E-state index in [0.717, 1.165) is 42.4 Å². The molecule has 1 saturated heterocycles. The van der Waals surface area contributed by atoms with Crippen LogP contribution < -0.4 is 5.73 Å². The minimum absolute atomic E-state index is 0.782. The number of nitrogens with zero attached hydrogens (tertiary/aromatic N) is 2. The molecule has 16 heavy (non-hydrogen) atoms. The highest BCUT2D eigenvalue weighted by atomic mass is 32.1. The summed E-state index contributed by atoms with van der Waals surface area (Å²) in [6.45, 7) is 4.18. The van der Waals surface area contributed by atoms with Crippen molar-refractivity contribution in [1.82, 2.24) is 9.80 Å². The Kier molecular flexibility index (Phi) is 3.41. The van der Waals surface area contributed by atoms with Gasteiger partial charge >= 0.3 is 0 Å². The maximum absolute atomic E-state index is 5.66. The molecule has 0 amide bonds. The monoisotopic (exact) mass is 235 g/mol. The molecule has 0 unspecified atom stereocenters. The topological polar surface area (TPSA) is 32.5 Å². The van der Waals surface area contributed by atoms with Crippen LogP contribution in [-0.4, -0.2) is 48.0 Å². The second kappa shape index (κ2) is 4.80. The number of anilines is 1. The summed E-state index contributed by atoms with van der Waals surface area (Å²) in [6.07, 6.45) is 0. The Hall–Kier alpha value is -1.13. The second-order valence-corrected chi connectivity index (χ2v) is 4.60. The van der Waals surface area contributed by atoms with Crippen molar-refractivity contribution in [1.29, 1.82) is 0 Å². The molecule has 2 N–H and O–H groups in total. The number of hydrogen-bond acceptors (Lipinski definition) is 3. The van der Waals surface area contributed by atoms with E-state index in [4.69, 9.17) is 18.0 Å². The highest BCUT2D eigenvalue weighted by molar-refractivity contribution is 7.80. The SMILES string of the molecule is CN1CCN(C(=S)c2ccc(N)cc2)CC1. The Morgan fingerprint density at radius 1 is 1.12 bits per heavy atom. The Bertz CT molecular complexity index is 366. The number of thiocarbonyl (C=S) groups is 1. The lowest BCUT2D eigenvalue weighted by Gasteiger charge is -2.34. The van der Waals surface area contributed by atoms with Crippen LogP contribution in [0, 0.1) is 0 Å². The van der Waals surface area contributed by atoms with Crippen LogP contribution in [0.4, 0.5) is 5.69 Å². The van der Waals surface area contributed by atoms with Gasteiger partial charge in [0.25, 0.3) is 0 Å². The molecule has 0 spiro atoms. The zero-order valence-corrected chi connectivity index (χ0v) is 10.3. The molecule has 3 nitrogen and oxygen atoms in total. The van der Waals surface area contributed by atoms with Gasteiger partial charge in [-0.2, -0.15) is 0 Å². The predicted octanol–water partition coefficient (Wildman–Crippen LogP) is 1.19. The van der Waals surface area contributed by atoms with Gasteiger partial charge in [-0.1, -0.05) is 12.2 Å². The summed E-state index contributed by atoms with van der Waals surface area (Å²) in [6, 6.07) is 7.79. The maximum Gasteiger partial charge on any atom is 0.109 e. The average Bonchev–Trinajstić information content (AvgIpc) is 2.30. The molecule has 1 aliphatic rings. The van der Waals surface area contributed by atoms with Gasteiger partial charge in [-0.3, -0.25) is 0 Å². The third-order valence-electron chi connectivity index (χ3n) is 2.95. The van der Waals surface area contributed by atoms with Crippen molar-refractivity contribution >= 4 is 22.9 Å². The van der Waals surface area contributed by atoms with E-state index < -0.39 is 0 Å². The first kappa shape index (κ1) is 11.4. The summed E-state index contributed by atoms with van der Waals surface area (Å²) in [5, 5.41) is 0. The van der Waals surface area contributed by atoms with Crippen molar-refractivity contribution in [3.8, 4) is 0 Å². The number of benzene rings is 1. The first-order chi connectivity index (χ1) is 7.66. The number of likely N-dealkylation sites (N-methyl/N-ethyl adjacent to an activating group) is 1. The quantitative estimate of drug-likeness (QED) is 0.585. The van der Waals surface area contributed by atoms with Crippen LogP contribution in [0.1, 0.15) is 5.56 Å². The van der Waals surface area contributed by atoms with Crippen LogP contribution in [0.3, 0.4) is 0 Å². The molecule has 0 saturated carbocycles. The van der Waals surface area contributed by atoms with E-state index in [2.05, 4.69) is 16.8 Å². The molecule has 1 aromatic rings. The fourth-order valence-corrected chi connectivity index (χ4v) is 2.14. The average molecular weight is 235 g/mol. The van der Waals surface area contributed by atoms with Crippen LogP contribution in [0.5, 0.6) is 0 Å². The van der Waals surface area contributed by atoms with Gasteiger partial charge in [-0.05, 0) is 31.3 Å². The van der Waals surface area contributed by atoms with Gasteiger partial charge in [0.05, 0.1) is 0 Å². The van der Waals surface area contributed by atoms with Gasteiger partial charge in [0, 0.05) is 37.4 Å². The number of nitrogens with two attached hydrogens (primary N) is 1. The molecule has 0 radical (unpaired) electrons. The lowest BCUT2D eigenvalue weighted by molar-refractivity contribution is 0.218. The summed E-state index contributed by atoms with van der Waals surface area (Å²) in [5.41, 5.74) is 7.53. The molecule has 1 aromatic carbocycles. The summed E-state index contributed by atoms with van der Waals surface area (Å²) >= 11 is 5.49. The molecule has 2 rings (SSSR count). The van der Waals surface area contributed by atoms with E-state index in [-0.39, 0.29) is 0 Å². The summed E-state index contributed by atoms with van der Waals surface area (Å²) in [7, 11) is 2.14. The van der Waals surface area contributed by atoms with Gasteiger partial charge in [0.15, 0.2) is 0 Å². The van der Waals surface area contributed by atoms with E-state index in [1.165, 1.54) is 0 Å². The fraction of sp³-hybridized carbons (Fsp3) is 0.417. The van der Waals surface area contributed by atoms with Crippen molar-refractivity contribution < 1.29 is 0 Å². The van der Waals surface area contributed by atoms with Crippen LogP contribution in [0.25, 0.3) is 0 Å². The standard InChI is InChI=1S/C12H17N3S/c1-14-6-8-15(9-7-14)12(16)10-2-4-11(13)5-3-10/h2-5H,6-9,13H2,1H3. The van der Waals surface area contributed by atoms with Crippen molar-refractivity contribution in [3.63, 3.8) is 0 Å². The minimum atomic E-state index is 0.782. The van der Waals surface area contributed by atoms with Gasteiger partial charge in [0.2, 0.25) is 0 Å². The van der Waals surface area contributed by atoms with Crippen LogP contribution in [0.15, 0.2) is 24.3 Å². The first-order valence-corrected chi connectivity index (χ1v) is 5.91. The lowest BCUT2D eigenvalue weighted by Crippen LogP contribution is -2.46. The predicted molar refractivity (Wildman–Crippen MR) is 71.6 cm³/mol. The highest BCUT2D eigenvalue weighted by Gasteiger charge is 2.16. The number of piperazine rings is 1. The van der Waals surface area contributed by atoms with Crippen LogP contribution in [0.2, 0.25) is 0 Å². The Morgan fingerprint density at radius 3 is 2.25 bits per heavy atom. The van der Waals surface area contributed by atoms with E-state index in [1.807, 2.05) is 24.3 Å². The Labute approximate surface area is 102 Å². The Balaban J connectivity index is 2.05. The molecule has 0 bridgehead atoms. The first-order valence-electron chi connectivity index (χ1n) is 5.50. The number of hydrogen-bond donors (Lipinski definition) is 1. The largest absolute Gasteiger partial charge is 0.399 e. The molecular formula is C12H17N3S. The van der Waals surface area contributed by atoms with Crippen LogP contribution in [-0.2, 0) is 0 Å². The maximum atomic E-state index is 5.66. The molecule has 1 fully saturated rings. The van der Waals surface area contributed by atoms with Crippen LogP contribution >= 0.6 is 12.2 Å². The van der Waals surface area contributed by atoms with Crippen molar-refractivity contribution in [2.75, 3.05) is 39.0 Å². The third kappa shape index (κ3) is 2.51. The van der Waals surface area contributed by atoms with Gasteiger partial charge in [0.1, 0.15) is 4.99 Å². The minimum Gasteiger partial charge on any atom is -0.399 e. The molecule has 0 aromatic heterocycles. The molecular weight excluding hydrogens is 218 g/mol. The molecule has 4 heteroatoms. The zero-order valence-electron chi connectivity index (χ0n) is 9.52. The molecule has 0 aliphatic carbocycles. The number of nitrogen functional groups attached to an aromatic ring is 1. The molecule has 86 valence electrons. The van der Waals surface area contributed by atoms with Gasteiger partial charge in [-0.15, -0.1) is 0 Å². The molecule has 0 atom stereocenters. The number of rotatable bonds is 1. The Morgan fingerprint density at radius 2 is 1.69 bits per heavy atom. The van der Waals surface area contributed by atoms with Crippen molar-refractivity contribution in [2.45, 2.75) is 0 Å². The second-order valence-electron chi connectivity index (χ2n) is 4.22. The smallest absolute Gasteiger partial charge is 0.109 e. The van der Waals surface area contributed by atoms with E-state index >= 15 is 0 Å². The highest BCUT2D eigenvalue weighted by Crippen LogP contribution is 2.11.